The molecule has 1 N–H and O–H groups in total. The third-order valence-electron chi connectivity index (χ3n) is 2.09. The van der Waals surface area contributed by atoms with Gasteiger partial charge in [0.15, 0.2) is 0 Å². The Labute approximate surface area is 112 Å². The van der Waals surface area contributed by atoms with Crippen LogP contribution in [0.1, 0.15) is 10.4 Å². The maximum absolute atomic E-state index is 13.0. The number of aromatic carboxylic acids is 1. The van der Waals surface area contributed by atoms with E-state index in [1.54, 1.807) is 24.3 Å². The van der Waals surface area contributed by atoms with Gasteiger partial charge in [-0.3, -0.25) is 0 Å². The first kappa shape index (κ1) is 12.9. The minimum atomic E-state index is -1.23. The molecule has 0 amide bonds. The van der Waals surface area contributed by atoms with Crippen molar-refractivity contribution >= 4 is 29.3 Å². The number of hydrogen-bond donors (Lipinski definition) is 1. The summed E-state index contributed by atoms with van der Waals surface area (Å²) in [5.74, 6) is -1.91. The standard InChI is InChI=1S/C12H7ClFNO2S/c13-9-3-1-2-4-10(9)18-11-8(12(16)17)5-7(14)6-15-11/h1-6H,(H,16,17). The summed E-state index contributed by atoms with van der Waals surface area (Å²) in [7, 11) is 0. The molecule has 0 aliphatic carbocycles. The maximum atomic E-state index is 13.0. The molecular formula is C12H7ClFNO2S. The number of benzene rings is 1. The lowest BCUT2D eigenvalue weighted by Crippen LogP contribution is -2.01. The molecule has 0 atom stereocenters. The number of halogens is 2. The first-order valence-corrected chi connectivity index (χ1v) is 6.08. The number of carboxylic acid groups (broad SMARTS) is 1. The summed E-state index contributed by atoms with van der Waals surface area (Å²) in [6.07, 6.45) is 0.978. The van der Waals surface area contributed by atoms with Crippen molar-refractivity contribution in [2.45, 2.75) is 9.92 Å². The number of hydrogen-bond acceptors (Lipinski definition) is 3. The molecule has 1 aromatic heterocycles. The molecule has 6 heteroatoms. The van der Waals surface area contributed by atoms with E-state index in [0.717, 1.165) is 24.0 Å². The fourth-order valence-electron chi connectivity index (χ4n) is 1.29. The van der Waals surface area contributed by atoms with E-state index in [-0.39, 0.29) is 10.6 Å². The Morgan fingerprint density at radius 3 is 2.78 bits per heavy atom. The number of carboxylic acids is 1. The van der Waals surface area contributed by atoms with Gasteiger partial charge in [-0.1, -0.05) is 35.5 Å². The highest BCUT2D eigenvalue weighted by molar-refractivity contribution is 7.99. The fourth-order valence-corrected chi connectivity index (χ4v) is 2.43. The van der Waals surface area contributed by atoms with E-state index < -0.39 is 11.8 Å². The minimum Gasteiger partial charge on any atom is -0.478 e. The second kappa shape index (κ2) is 5.37. The molecule has 0 radical (unpaired) electrons. The van der Waals surface area contributed by atoms with Crippen molar-refractivity contribution in [1.29, 1.82) is 0 Å². The van der Waals surface area contributed by atoms with Gasteiger partial charge < -0.3 is 5.11 Å². The van der Waals surface area contributed by atoms with Crippen LogP contribution in [-0.2, 0) is 0 Å². The molecule has 2 aromatic rings. The molecule has 2 rings (SSSR count). The highest BCUT2D eigenvalue weighted by atomic mass is 35.5. The van der Waals surface area contributed by atoms with E-state index in [2.05, 4.69) is 4.98 Å². The first-order valence-electron chi connectivity index (χ1n) is 4.89. The van der Waals surface area contributed by atoms with Gasteiger partial charge in [0, 0.05) is 4.90 Å². The first-order chi connectivity index (χ1) is 8.58. The van der Waals surface area contributed by atoms with E-state index in [4.69, 9.17) is 16.7 Å². The molecule has 1 aromatic carbocycles. The Kier molecular flexibility index (Phi) is 3.84. The van der Waals surface area contributed by atoms with Crippen LogP contribution < -0.4 is 0 Å². The molecule has 0 saturated heterocycles. The molecule has 0 bridgehead atoms. The Bertz CT molecular complexity index is 606. The van der Waals surface area contributed by atoms with Crippen LogP contribution in [0.2, 0.25) is 5.02 Å². The third kappa shape index (κ3) is 2.80. The monoisotopic (exact) mass is 283 g/mol. The Hall–Kier alpha value is -1.59. The molecule has 3 nitrogen and oxygen atoms in total. The lowest BCUT2D eigenvalue weighted by molar-refractivity contribution is 0.0691. The van der Waals surface area contributed by atoms with E-state index >= 15 is 0 Å². The SMILES string of the molecule is O=C(O)c1cc(F)cnc1Sc1ccccc1Cl. The number of nitrogens with zero attached hydrogens (tertiary/aromatic N) is 1. The Morgan fingerprint density at radius 2 is 2.11 bits per heavy atom. The predicted molar refractivity (Wildman–Crippen MR) is 66.7 cm³/mol. The van der Waals surface area contributed by atoms with Crippen LogP contribution in [0.5, 0.6) is 0 Å². The van der Waals surface area contributed by atoms with Gasteiger partial charge in [-0.25, -0.2) is 14.2 Å². The van der Waals surface area contributed by atoms with E-state index in [9.17, 15) is 9.18 Å². The minimum absolute atomic E-state index is 0.181. The predicted octanol–water partition coefficient (Wildman–Crippen LogP) is 3.72. The summed E-state index contributed by atoms with van der Waals surface area (Å²) >= 11 is 7.05. The normalized spacial score (nSPS) is 10.3. The van der Waals surface area contributed by atoms with Gasteiger partial charge in [0.05, 0.1) is 16.8 Å². The van der Waals surface area contributed by atoms with Crippen LogP contribution in [0.25, 0.3) is 0 Å². The second-order valence-electron chi connectivity index (χ2n) is 3.34. The number of carbonyl (C=O) groups is 1. The van der Waals surface area contributed by atoms with Crippen LogP contribution in [0.15, 0.2) is 46.5 Å². The number of aromatic nitrogens is 1. The molecule has 92 valence electrons. The molecule has 0 aliphatic rings. The molecular weight excluding hydrogens is 277 g/mol. The smallest absolute Gasteiger partial charge is 0.338 e. The summed E-state index contributed by atoms with van der Waals surface area (Å²) in [6.45, 7) is 0. The van der Waals surface area contributed by atoms with Gasteiger partial charge in [-0.15, -0.1) is 0 Å². The van der Waals surface area contributed by atoms with Crippen molar-refractivity contribution < 1.29 is 14.3 Å². The topological polar surface area (TPSA) is 50.2 Å². The van der Waals surface area contributed by atoms with Gasteiger partial charge in [0.1, 0.15) is 10.8 Å². The summed E-state index contributed by atoms with van der Waals surface area (Å²) in [5, 5.41) is 9.68. The average molecular weight is 284 g/mol. The van der Waals surface area contributed by atoms with Crippen molar-refractivity contribution in [2.75, 3.05) is 0 Å². The maximum Gasteiger partial charge on any atom is 0.338 e. The van der Waals surface area contributed by atoms with E-state index in [0.29, 0.717) is 9.92 Å². The highest BCUT2D eigenvalue weighted by Crippen LogP contribution is 2.33. The zero-order valence-corrected chi connectivity index (χ0v) is 10.5. The molecule has 0 spiro atoms. The summed E-state index contributed by atoms with van der Waals surface area (Å²) < 4.78 is 13.0. The third-order valence-corrected chi connectivity index (χ3v) is 3.63. The molecule has 0 aliphatic heterocycles. The molecule has 18 heavy (non-hydrogen) atoms. The van der Waals surface area contributed by atoms with E-state index in [1.165, 1.54) is 0 Å². The quantitative estimate of drug-likeness (QED) is 0.932. The van der Waals surface area contributed by atoms with Crippen molar-refractivity contribution in [3.8, 4) is 0 Å². The second-order valence-corrected chi connectivity index (χ2v) is 4.78. The Balaban J connectivity index is 2.41. The highest BCUT2D eigenvalue weighted by Gasteiger charge is 2.15. The molecule has 1 heterocycles. The van der Waals surface area contributed by atoms with E-state index in [1.807, 2.05) is 0 Å². The summed E-state index contributed by atoms with van der Waals surface area (Å²) in [4.78, 5) is 15.4. The number of rotatable bonds is 3. The van der Waals surface area contributed by atoms with Crippen LogP contribution >= 0.6 is 23.4 Å². The summed E-state index contributed by atoms with van der Waals surface area (Å²) in [6, 6.07) is 7.91. The van der Waals surface area contributed by atoms with Gasteiger partial charge in [0.2, 0.25) is 0 Å². The van der Waals surface area contributed by atoms with Crippen molar-refractivity contribution in [3.05, 3.63) is 52.9 Å². The van der Waals surface area contributed by atoms with Crippen molar-refractivity contribution in [1.82, 2.24) is 4.98 Å². The average Bonchev–Trinajstić information content (AvgIpc) is 2.34. The van der Waals surface area contributed by atoms with Gasteiger partial charge in [0.25, 0.3) is 0 Å². The summed E-state index contributed by atoms with van der Waals surface area (Å²) in [5.41, 5.74) is -0.181. The number of pyridine rings is 1. The van der Waals surface area contributed by atoms with Crippen LogP contribution in [-0.4, -0.2) is 16.1 Å². The lowest BCUT2D eigenvalue weighted by Gasteiger charge is -2.06. The molecule has 0 saturated carbocycles. The molecule has 0 unspecified atom stereocenters. The van der Waals surface area contributed by atoms with Gasteiger partial charge in [-0.05, 0) is 18.2 Å². The Morgan fingerprint density at radius 1 is 1.39 bits per heavy atom. The van der Waals surface area contributed by atoms with Crippen LogP contribution in [0, 0.1) is 5.82 Å². The molecule has 0 fully saturated rings. The van der Waals surface area contributed by atoms with Crippen LogP contribution in [0.3, 0.4) is 0 Å². The largest absolute Gasteiger partial charge is 0.478 e. The van der Waals surface area contributed by atoms with Crippen molar-refractivity contribution in [2.24, 2.45) is 0 Å². The van der Waals surface area contributed by atoms with Crippen LogP contribution in [0.4, 0.5) is 4.39 Å². The van der Waals surface area contributed by atoms with Crippen molar-refractivity contribution in [3.63, 3.8) is 0 Å². The van der Waals surface area contributed by atoms with Gasteiger partial charge in [-0.2, -0.15) is 0 Å². The fraction of sp³-hybridized carbons (Fsp3) is 0. The zero-order chi connectivity index (χ0) is 13.1. The lowest BCUT2D eigenvalue weighted by atomic mass is 10.3. The van der Waals surface area contributed by atoms with Gasteiger partial charge >= 0.3 is 5.97 Å². The zero-order valence-electron chi connectivity index (χ0n) is 8.93.